The summed E-state index contributed by atoms with van der Waals surface area (Å²) in [6.07, 6.45) is 2.00. The van der Waals surface area contributed by atoms with E-state index in [9.17, 15) is 4.79 Å². The average molecular weight is 319 g/mol. The SMILES string of the molecule is CC(=O)c1sc(-c2c(C)nc3sccn23)nc1C(C)(C)C. The zero-order chi connectivity index (χ0) is 15.4. The predicted octanol–water partition coefficient (Wildman–Crippen LogP) is 4.33. The minimum absolute atomic E-state index is 0.0763. The molecule has 0 aromatic carbocycles. The third-order valence-electron chi connectivity index (χ3n) is 3.30. The molecule has 0 amide bonds. The molecule has 0 fully saturated rings. The molecule has 3 heterocycles. The number of Topliss-reactive ketones (excluding diaryl/α,β-unsaturated/α-hetero) is 1. The van der Waals surface area contributed by atoms with Crippen LogP contribution in [-0.4, -0.2) is 20.2 Å². The van der Waals surface area contributed by atoms with Gasteiger partial charge < -0.3 is 0 Å². The van der Waals surface area contributed by atoms with Crippen LogP contribution in [0.25, 0.3) is 15.7 Å². The highest BCUT2D eigenvalue weighted by Gasteiger charge is 2.27. The Morgan fingerprint density at radius 1 is 1.29 bits per heavy atom. The van der Waals surface area contributed by atoms with E-state index >= 15 is 0 Å². The van der Waals surface area contributed by atoms with Gasteiger partial charge in [-0.15, -0.1) is 22.7 Å². The molecule has 6 heteroatoms. The Hall–Kier alpha value is -1.53. The summed E-state index contributed by atoms with van der Waals surface area (Å²) in [5.41, 5.74) is 2.67. The zero-order valence-electron chi connectivity index (χ0n) is 12.7. The second kappa shape index (κ2) is 4.74. The van der Waals surface area contributed by atoms with Gasteiger partial charge >= 0.3 is 0 Å². The van der Waals surface area contributed by atoms with Crippen LogP contribution < -0.4 is 0 Å². The van der Waals surface area contributed by atoms with Crippen molar-refractivity contribution in [1.82, 2.24) is 14.4 Å². The summed E-state index contributed by atoms with van der Waals surface area (Å²) in [6, 6.07) is 0. The predicted molar refractivity (Wildman–Crippen MR) is 87.6 cm³/mol. The van der Waals surface area contributed by atoms with Crippen LogP contribution >= 0.6 is 22.7 Å². The summed E-state index contributed by atoms with van der Waals surface area (Å²) >= 11 is 3.07. The number of nitrogens with zero attached hydrogens (tertiary/aromatic N) is 3. The van der Waals surface area contributed by atoms with Gasteiger partial charge in [0, 0.05) is 23.9 Å². The minimum Gasteiger partial charge on any atom is -0.294 e. The van der Waals surface area contributed by atoms with Gasteiger partial charge in [-0.3, -0.25) is 9.20 Å². The van der Waals surface area contributed by atoms with Crippen LogP contribution in [-0.2, 0) is 5.41 Å². The van der Waals surface area contributed by atoms with Crippen molar-refractivity contribution >= 4 is 33.4 Å². The second-order valence-corrected chi connectivity index (χ2v) is 7.98. The summed E-state index contributed by atoms with van der Waals surface area (Å²) in [5, 5.41) is 2.88. The molecule has 0 atom stereocenters. The molecule has 0 aliphatic rings. The fraction of sp³-hybridized carbons (Fsp3) is 0.400. The quantitative estimate of drug-likeness (QED) is 0.661. The Balaban J connectivity index is 2.26. The third-order valence-corrected chi connectivity index (χ3v) is 5.22. The van der Waals surface area contributed by atoms with Gasteiger partial charge in [-0.2, -0.15) is 0 Å². The molecule has 0 aliphatic carbocycles. The largest absolute Gasteiger partial charge is 0.294 e. The number of hydrogen-bond donors (Lipinski definition) is 0. The van der Waals surface area contributed by atoms with Gasteiger partial charge in [-0.1, -0.05) is 20.8 Å². The lowest BCUT2D eigenvalue weighted by Gasteiger charge is -2.16. The number of carbonyl (C=O) groups excluding carboxylic acids is 1. The molecular formula is C15H17N3OS2. The average Bonchev–Trinajstić information content (AvgIpc) is 3.00. The summed E-state index contributed by atoms with van der Waals surface area (Å²) in [5.74, 6) is 0.0763. The van der Waals surface area contributed by atoms with Gasteiger partial charge in [0.2, 0.25) is 0 Å². The molecule has 0 saturated carbocycles. The summed E-state index contributed by atoms with van der Waals surface area (Å²) in [6.45, 7) is 9.85. The lowest BCUT2D eigenvalue weighted by Crippen LogP contribution is -2.15. The van der Waals surface area contributed by atoms with Crippen molar-refractivity contribution < 1.29 is 4.79 Å². The van der Waals surface area contributed by atoms with Crippen molar-refractivity contribution in [3.05, 3.63) is 27.8 Å². The van der Waals surface area contributed by atoms with Crippen molar-refractivity contribution in [2.45, 2.75) is 40.0 Å². The minimum atomic E-state index is -0.151. The first-order chi connectivity index (χ1) is 9.79. The fourth-order valence-electron chi connectivity index (χ4n) is 2.32. The van der Waals surface area contributed by atoms with Crippen LogP contribution in [0, 0.1) is 6.92 Å². The Kier molecular flexibility index (Phi) is 3.26. The molecule has 0 saturated heterocycles. The highest BCUT2D eigenvalue weighted by Crippen LogP contribution is 2.36. The van der Waals surface area contributed by atoms with E-state index in [2.05, 4.69) is 30.2 Å². The van der Waals surface area contributed by atoms with Crippen molar-refractivity contribution in [2.75, 3.05) is 0 Å². The van der Waals surface area contributed by atoms with Crippen LogP contribution in [0.15, 0.2) is 11.6 Å². The van der Waals surface area contributed by atoms with Gasteiger partial charge in [-0.05, 0) is 6.92 Å². The third kappa shape index (κ3) is 2.32. The van der Waals surface area contributed by atoms with E-state index in [1.54, 1.807) is 18.3 Å². The smallest absolute Gasteiger partial charge is 0.194 e. The number of ketones is 1. The first-order valence-corrected chi connectivity index (χ1v) is 8.43. The Labute approximate surface area is 131 Å². The highest BCUT2D eigenvalue weighted by molar-refractivity contribution is 7.17. The number of carbonyl (C=O) groups is 1. The molecule has 0 N–H and O–H groups in total. The Bertz CT molecular complexity index is 833. The van der Waals surface area contributed by atoms with E-state index in [0.717, 1.165) is 31.9 Å². The van der Waals surface area contributed by atoms with Gasteiger partial charge in [0.1, 0.15) is 10.7 Å². The number of imidazole rings is 1. The fourth-order valence-corrected chi connectivity index (χ4v) is 4.34. The molecule has 0 spiro atoms. The number of rotatable bonds is 2. The lowest BCUT2D eigenvalue weighted by molar-refractivity contribution is 0.101. The number of aromatic nitrogens is 3. The van der Waals surface area contributed by atoms with E-state index in [4.69, 9.17) is 4.98 Å². The maximum Gasteiger partial charge on any atom is 0.194 e. The second-order valence-electron chi connectivity index (χ2n) is 6.10. The number of thiazole rings is 2. The van der Waals surface area contributed by atoms with Gasteiger partial charge in [0.25, 0.3) is 0 Å². The molecule has 0 aliphatic heterocycles. The number of hydrogen-bond acceptors (Lipinski definition) is 5. The van der Waals surface area contributed by atoms with Crippen molar-refractivity contribution in [1.29, 1.82) is 0 Å². The van der Waals surface area contributed by atoms with Crippen molar-refractivity contribution in [3.8, 4) is 10.7 Å². The monoisotopic (exact) mass is 319 g/mol. The topological polar surface area (TPSA) is 47.3 Å². The summed E-state index contributed by atoms with van der Waals surface area (Å²) in [4.78, 5) is 23.0. The van der Waals surface area contributed by atoms with E-state index in [0.29, 0.717) is 0 Å². The molecule has 0 bridgehead atoms. The first-order valence-electron chi connectivity index (χ1n) is 6.74. The van der Waals surface area contributed by atoms with Gasteiger partial charge in [-0.25, -0.2) is 9.97 Å². The van der Waals surface area contributed by atoms with Gasteiger partial charge in [0.05, 0.1) is 16.3 Å². The van der Waals surface area contributed by atoms with Crippen LogP contribution in [0.3, 0.4) is 0 Å². The summed E-state index contributed by atoms with van der Waals surface area (Å²) < 4.78 is 2.05. The molecule has 0 radical (unpaired) electrons. The lowest BCUT2D eigenvalue weighted by atomic mass is 9.91. The van der Waals surface area contributed by atoms with Crippen LogP contribution in [0.2, 0.25) is 0 Å². The van der Waals surface area contributed by atoms with E-state index < -0.39 is 0 Å². The molecule has 21 heavy (non-hydrogen) atoms. The highest BCUT2D eigenvalue weighted by atomic mass is 32.1. The standard InChI is InChI=1S/C15H17N3OS2/c1-8-10(18-6-7-20-14(18)16-8)13-17-12(15(3,4)5)11(21-13)9(2)19/h6-7H,1-5H3. The van der Waals surface area contributed by atoms with E-state index in [1.807, 2.05) is 18.5 Å². The molecule has 0 unspecified atom stereocenters. The van der Waals surface area contributed by atoms with Crippen LogP contribution in [0.5, 0.6) is 0 Å². The molecular weight excluding hydrogens is 302 g/mol. The molecule has 3 aromatic heterocycles. The molecule has 3 rings (SSSR count). The molecule has 3 aromatic rings. The van der Waals surface area contributed by atoms with Crippen LogP contribution in [0.1, 0.15) is 48.8 Å². The number of aryl methyl sites for hydroxylation is 1. The van der Waals surface area contributed by atoms with E-state index in [1.165, 1.54) is 11.3 Å². The van der Waals surface area contributed by atoms with Gasteiger partial charge in [0.15, 0.2) is 10.7 Å². The Morgan fingerprint density at radius 3 is 2.57 bits per heavy atom. The normalized spacial score (nSPS) is 12.2. The Morgan fingerprint density at radius 2 is 2.00 bits per heavy atom. The van der Waals surface area contributed by atoms with E-state index in [-0.39, 0.29) is 11.2 Å². The molecule has 4 nitrogen and oxygen atoms in total. The van der Waals surface area contributed by atoms with Crippen molar-refractivity contribution in [3.63, 3.8) is 0 Å². The zero-order valence-corrected chi connectivity index (χ0v) is 14.4. The maximum atomic E-state index is 11.9. The number of fused-ring (bicyclic) bond motifs is 1. The maximum absolute atomic E-state index is 11.9. The van der Waals surface area contributed by atoms with Crippen LogP contribution in [0.4, 0.5) is 0 Å². The van der Waals surface area contributed by atoms with Crippen molar-refractivity contribution in [2.24, 2.45) is 0 Å². The summed E-state index contributed by atoms with van der Waals surface area (Å²) in [7, 11) is 0. The first kappa shape index (κ1) is 14.4. The molecule has 110 valence electrons.